The molecule has 8 heteroatoms. The van der Waals surface area contributed by atoms with E-state index < -0.39 is 5.91 Å². The third kappa shape index (κ3) is 6.58. The van der Waals surface area contributed by atoms with E-state index in [0.29, 0.717) is 30.2 Å². The highest BCUT2D eigenvalue weighted by Gasteiger charge is 2.19. The molecule has 196 valence electrons. The Morgan fingerprint density at radius 1 is 1.15 bits per heavy atom. The van der Waals surface area contributed by atoms with Crippen LogP contribution in [0, 0.1) is 17.1 Å². The molecule has 2 heterocycles. The van der Waals surface area contributed by atoms with Crippen LogP contribution in [0.5, 0.6) is 5.75 Å². The van der Waals surface area contributed by atoms with Gasteiger partial charge in [-0.3, -0.25) is 4.79 Å². The molecule has 0 saturated carbocycles. The van der Waals surface area contributed by atoms with Crippen molar-refractivity contribution in [1.82, 2.24) is 15.1 Å². The Morgan fingerprint density at radius 2 is 1.97 bits per heavy atom. The van der Waals surface area contributed by atoms with Gasteiger partial charge in [-0.2, -0.15) is 10.4 Å². The molecule has 1 aromatic heterocycles. The molecule has 1 aliphatic heterocycles. The Labute approximate surface area is 226 Å². The lowest BCUT2D eigenvalue weighted by Crippen LogP contribution is -2.32. The van der Waals surface area contributed by atoms with Crippen LogP contribution >= 0.6 is 0 Å². The summed E-state index contributed by atoms with van der Waals surface area (Å²) < 4.78 is 26.5. The van der Waals surface area contributed by atoms with Gasteiger partial charge in [0, 0.05) is 30.5 Å². The summed E-state index contributed by atoms with van der Waals surface area (Å²) in [6.07, 6.45) is 5.18. The summed E-state index contributed by atoms with van der Waals surface area (Å²) in [5, 5.41) is 17.4. The third-order valence-electron chi connectivity index (χ3n) is 6.37. The van der Waals surface area contributed by atoms with Gasteiger partial charge >= 0.3 is 0 Å². The van der Waals surface area contributed by atoms with Gasteiger partial charge in [0.25, 0.3) is 5.91 Å². The van der Waals surface area contributed by atoms with Gasteiger partial charge in [-0.15, -0.1) is 0 Å². The van der Waals surface area contributed by atoms with Crippen LogP contribution in [-0.4, -0.2) is 34.9 Å². The number of amides is 1. The summed E-state index contributed by atoms with van der Waals surface area (Å²) in [6.45, 7) is 1.33. The first kappa shape index (κ1) is 25.9. The van der Waals surface area contributed by atoms with E-state index in [2.05, 4.69) is 5.32 Å². The van der Waals surface area contributed by atoms with E-state index in [0.717, 1.165) is 29.7 Å². The van der Waals surface area contributed by atoms with E-state index in [-0.39, 0.29) is 24.1 Å². The molecule has 4 aromatic rings. The first-order valence-corrected chi connectivity index (χ1v) is 12.7. The van der Waals surface area contributed by atoms with Crippen LogP contribution in [0.1, 0.15) is 24.0 Å². The van der Waals surface area contributed by atoms with E-state index in [1.54, 1.807) is 29.1 Å². The van der Waals surface area contributed by atoms with Gasteiger partial charge in [0.05, 0.1) is 11.8 Å². The number of carbonyl (C=O) groups is 1. The van der Waals surface area contributed by atoms with Crippen molar-refractivity contribution in [2.45, 2.75) is 25.6 Å². The summed E-state index contributed by atoms with van der Waals surface area (Å²) in [4.78, 5) is 12.8. The molecular formula is C31H27FN4O3. The molecule has 1 fully saturated rings. The second-order valence-corrected chi connectivity index (χ2v) is 9.17. The minimum atomic E-state index is -0.456. The van der Waals surface area contributed by atoms with Crippen molar-refractivity contribution in [3.05, 3.63) is 108 Å². The highest BCUT2D eigenvalue weighted by Crippen LogP contribution is 2.29. The normalized spacial score (nSPS) is 15.1. The van der Waals surface area contributed by atoms with Crippen molar-refractivity contribution < 1.29 is 18.7 Å². The molecule has 1 N–H and O–H groups in total. The van der Waals surface area contributed by atoms with Crippen LogP contribution in [0.4, 0.5) is 4.39 Å². The molecule has 0 radical (unpaired) electrons. The molecule has 5 rings (SSSR count). The number of aromatic nitrogens is 2. The number of para-hydroxylation sites is 1. The number of rotatable bonds is 9. The zero-order valence-electron chi connectivity index (χ0n) is 21.2. The Morgan fingerprint density at radius 3 is 2.72 bits per heavy atom. The molecule has 39 heavy (non-hydrogen) atoms. The fraction of sp³-hybridized carbons (Fsp3) is 0.194. The van der Waals surface area contributed by atoms with Gasteiger partial charge < -0.3 is 14.8 Å². The predicted octanol–water partition coefficient (Wildman–Crippen LogP) is 5.46. The molecule has 0 aliphatic carbocycles. The number of ether oxygens (including phenoxy) is 2. The lowest BCUT2D eigenvalue weighted by molar-refractivity contribution is -0.117. The van der Waals surface area contributed by atoms with Crippen molar-refractivity contribution in [1.29, 1.82) is 5.26 Å². The molecule has 1 unspecified atom stereocenters. The Balaban J connectivity index is 1.43. The minimum Gasteiger partial charge on any atom is -0.489 e. The average molecular weight is 523 g/mol. The van der Waals surface area contributed by atoms with Gasteiger partial charge in [-0.1, -0.05) is 42.5 Å². The standard InChI is InChI=1S/C31H27FN4O3/c32-26-13-11-22(12-14-26)21-39-28-9-4-6-23(17-28)30-25(20-36(35-30)27-7-2-1-3-8-27)16-24(18-33)31(37)34-19-29-10-5-15-38-29/h1-4,6-9,11-14,16-17,20,29H,5,10,15,19,21H2,(H,34,37)/b24-16-. The van der Waals surface area contributed by atoms with Crippen LogP contribution in [-0.2, 0) is 16.1 Å². The molecule has 0 bridgehead atoms. The smallest absolute Gasteiger partial charge is 0.262 e. The third-order valence-corrected chi connectivity index (χ3v) is 6.37. The van der Waals surface area contributed by atoms with E-state index in [9.17, 15) is 14.4 Å². The number of carbonyl (C=O) groups excluding carboxylic acids is 1. The molecule has 1 aliphatic rings. The van der Waals surface area contributed by atoms with Crippen LogP contribution in [0.25, 0.3) is 23.0 Å². The maximum Gasteiger partial charge on any atom is 0.262 e. The first-order valence-electron chi connectivity index (χ1n) is 12.7. The summed E-state index contributed by atoms with van der Waals surface area (Å²) >= 11 is 0. The number of hydrogen-bond acceptors (Lipinski definition) is 5. The lowest BCUT2D eigenvalue weighted by atomic mass is 10.1. The topological polar surface area (TPSA) is 89.2 Å². The molecule has 1 saturated heterocycles. The van der Waals surface area contributed by atoms with Crippen LogP contribution in [0.3, 0.4) is 0 Å². The number of benzene rings is 3. The summed E-state index contributed by atoms with van der Waals surface area (Å²) in [6, 6.07) is 25.2. The van der Waals surface area contributed by atoms with Crippen LogP contribution in [0.15, 0.2) is 90.6 Å². The van der Waals surface area contributed by atoms with Crippen molar-refractivity contribution >= 4 is 12.0 Å². The fourth-order valence-corrected chi connectivity index (χ4v) is 4.32. The molecule has 1 amide bonds. The van der Waals surface area contributed by atoms with Gasteiger partial charge in [-0.25, -0.2) is 9.07 Å². The fourth-order valence-electron chi connectivity index (χ4n) is 4.32. The number of hydrogen-bond donors (Lipinski definition) is 1. The molecule has 3 aromatic carbocycles. The Hall–Kier alpha value is -4.74. The van der Waals surface area contributed by atoms with Gasteiger partial charge in [0.15, 0.2) is 0 Å². The van der Waals surface area contributed by atoms with Crippen LogP contribution < -0.4 is 10.1 Å². The largest absolute Gasteiger partial charge is 0.489 e. The van der Waals surface area contributed by atoms with Crippen molar-refractivity contribution in [2.75, 3.05) is 13.2 Å². The summed E-state index contributed by atoms with van der Waals surface area (Å²) in [7, 11) is 0. The Kier molecular flexibility index (Phi) is 8.10. The molecule has 1 atom stereocenters. The maximum absolute atomic E-state index is 13.2. The Bertz CT molecular complexity index is 1500. The second-order valence-electron chi connectivity index (χ2n) is 9.17. The van der Waals surface area contributed by atoms with Gasteiger partial charge in [-0.05, 0) is 60.9 Å². The monoisotopic (exact) mass is 522 g/mol. The maximum atomic E-state index is 13.2. The van der Waals surface area contributed by atoms with Crippen LogP contribution in [0.2, 0.25) is 0 Å². The van der Waals surface area contributed by atoms with E-state index in [1.807, 2.05) is 60.7 Å². The van der Waals surface area contributed by atoms with E-state index in [1.165, 1.54) is 12.1 Å². The highest BCUT2D eigenvalue weighted by atomic mass is 19.1. The first-order chi connectivity index (χ1) is 19.1. The van der Waals surface area contributed by atoms with E-state index >= 15 is 0 Å². The lowest BCUT2D eigenvalue weighted by Gasteiger charge is -2.10. The van der Waals surface area contributed by atoms with Gasteiger partial charge in [0.2, 0.25) is 0 Å². The zero-order valence-corrected chi connectivity index (χ0v) is 21.2. The summed E-state index contributed by atoms with van der Waals surface area (Å²) in [5.74, 6) is -0.147. The van der Waals surface area contributed by atoms with E-state index in [4.69, 9.17) is 14.6 Å². The second kappa shape index (κ2) is 12.2. The SMILES string of the molecule is N#C/C(=C/c1cn(-c2ccccc2)nc1-c1cccc(OCc2ccc(F)cc2)c1)C(=O)NCC1CCCO1. The molecular weight excluding hydrogens is 495 g/mol. The number of nitrogens with zero attached hydrogens (tertiary/aromatic N) is 3. The average Bonchev–Trinajstić information content (AvgIpc) is 3.65. The summed E-state index contributed by atoms with van der Waals surface area (Å²) in [5.41, 5.74) is 3.61. The van der Waals surface area contributed by atoms with Crippen molar-refractivity contribution in [3.63, 3.8) is 0 Å². The van der Waals surface area contributed by atoms with Crippen molar-refractivity contribution in [3.8, 4) is 28.8 Å². The predicted molar refractivity (Wildman–Crippen MR) is 145 cm³/mol. The highest BCUT2D eigenvalue weighted by molar-refractivity contribution is 6.02. The molecule has 7 nitrogen and oxygen atoms in total. The van der Waals surface area contributed by atoms with Crippen molar-refractivity contribution in [2.24, 2.45) is 0 Å². The molecule has 0 spiro atoms. The number of halogens is 1. The zero-order chi connectivity index (χ0) is 27.0. The minimum absolute atomic E-state index is 0.0226. The quantitative estimate of drug-likeness (QED) is 0.233. The van der Waals surface area contributed by atoms with Gasteiger partial charge in [0.1, 0.15) is 35.5 Å². The number of nitriles is 1. The number of nitrogens with one attached hydrogen (secondary N) is 1.